The van der Waals surface area contributed by atoms with Crippen LogP contribution in [0.15, 0.2) is 11.2 Å². The summed E-state index contributed by atoms with van der Waals surface area (Å²) in [7, 11) is 6.01. The van der Waals surface area contributed by atoms with E-state index in [0.717, 1.165) is 25.2 Å². The second kappa shape index (κ2) is 6.89. The number of nitrogens with zero attached hydrogens (tertiary/aromatic N) is 5. The van der Waals surface area contributed by atoms with E-state index in [4.69, 9.17) is 10.9 Å². The average molecular weight is 266 g/mol. The number of rotatable bonds is 6. The van der Waals surface area contributed by atoms with Crippen LogP contribution in [0.4, 0.5) is 5.95 Å². The van der Waals surface area contributed by atoms with Crippen molar-refractivity contribution < 1.29 is 5.21 Å². The van der Waals surface area contributed by atoms with Crippen LogP contribution >= 0.6 is 0 Å². The quantitative estimate of drug-likeness (QED) is 0.332. The molecule has 0 amide bonds. The first-order chi connectivity index (χ1) is 8.93. The number of nitrogens with two attached hydrogens (primary N) is 1. The van der Waals surface area contributed by atoms with Crippen molar-refractivity contribution in [1.29, 1.82) is 0 Å². The smallest absolute Gasteiger partial charge is 0.225 e. The summed E-state index contributed by atoms with van der Waals surface area (Å²) < 4.78 is 0. The summed E-state index contributed by atoms with van der Waals surface area (Å²) in [6, 6.07) is 1.69. The number of aromatic nitrogens is 2. The Balaban J connectivity index is 2.79. The molecule has 0 fully saturated rings. The standard InChI is InChI=1S/C12H22N6O/c1-9-8-10(11(13)16-19)15-12(14-9)18(4)7-5-6-17(2)3/h8,19H,5-7H2,1-4H3,(H2,13,16). The van der Waals surface area contributed by atoms with Crippen molar-refractivity contribution in [3.05, 3.63) is 17.5 Å². The molecule has 0 unspecified atom stereocenters. The van der Waals surface area contributed by atoms with Crippen LogP contribution in [0.25, 0.3) is 0 Å². The van der Waals surface area contributed by atoms with Crippen LogP contribution in [0.5, 0.6) is 0 Å². The predicted molar refractivity (Wildman–Crippen MR) is 75.7 cm³/mol. The van der Waals surface area contributed by atoms with Gasteiger partial charge < -0.3 is 20.7 Å². The summed E-state index contributed by atoms with van der Waals surface area (Å²) in [4.78, 5) is 12.7. The Bertz CT molecular complexity index is 446. The normalized spacial score (nSPS) is 11.9. The molecule has 1 aromatic rings. The Hall–Kier alpha value is -1.89. The molecule has 7 nitrogen and oxygen atoms in total. The Morgan fingerprint density at radius 1 is 1.32 bits per heavy atom. The molecule has 0 saturated carbocycles. The third-order valence-corrected chi connectivity index (χ3v) is 2.65. The molecular formula is C12H22N6O. The van der Waals surface area contributed by atoms with E-state index in [1.807, 2.05) is 33.0 Å². The zero-order chi connectivity index (χ0) is 14.4. The van der Waals surface area contributed by atoms with E-state index in [1.54, 1.807) is 6.07 Å². The van der Waals surface area contributed by atoms with Crippen LogP contribution in [-0.2, 0) is 0 Å². The van der Waals surface area contributed by atoms with Gasteiger partial charge in [-0.25, -0.2) is 9.97 Å². The lowest BCUT2D eigenvalue weighted by atomic mass is 10.3. The van der Waals surface area contributed by atoms with E-state index in [2.05, 4.69) is 20.0 Å². The fraction of sp³-hybridized carbons (Fsp3) is 0.583. The van der Waals surface area contributed by atoms with E-state index >= 15 is 0 Å². The van der Waals surface area contributed by atoms with Gasteiger partial charge in [0.15, 0.2) is 5.84 Å². The molecule has 0 saturated heterocycles. The molecule has 0 radical (unpaired) electrons. The van der Waals surface area contributed by atoms with Crippen molar-refractivity contribution >= 4 is 11.8 Å². The molecule has 1 rings (SSSR count). The highest BCUT2D eigenvalue weighted by Crippen LogP contribution is 2.09. The molecular weight excluding hydrogens is 244 g/mol. The van der Waals surface area contributed by atoms with E-state index in [0.29, 0.717) is 11.6 Å². The topological polar surface area (TPSA) is 90.9 Å². The van der Waals surface area contributed by atoms with Gasteiger partial charge in [-0.2, -0.15) is 0 Å². The minimum atomic E-state index is -0.00607. The van der Waals surface area contributed by atoms with E-state index in [9.17, 15) is 0 Å². The van der Waals surface area contributed by atoms with Crippen molar-refractivity contribution in [2.75, 3.05) is 39.1 Å². The van der Waals surface area contributed by atoms with Gasteiger partial charge in [0.05, 0.1) is 0 Å². The van der Waals surface area contributed by atoms with Crippen LogP contribution in [0.2, 0.25) is 0 Å². The minimum absolute atomic E-state index is 0.00607. The summed E-state index contributed by atoms with van der Waals surface area (Å²) >= 11 is 0. The zero-order valence-corrected chi connectivity index (χ0v) is 12.0. The molecule has 0 aliphatic heterocycles. The molecule has 1 aromatic heterocycles. The number of oxime groups is 1. The van der Waals surface area contributed by atoms with Gasteiger partial charge in [0.1, 0.15) is 5.69 Å². The Morgan fingerprint density at radius 2 is 2.00 bits per heavy atom. The zero-order valence-electron chi connectivity index (χ0n) is 12.0. The first-order valence-electron chi connectivity index (χ1n) is 6.13. The monoisotopic (exact) mass is 266 g/mol. The maximum Gasteiger partial charge on any atom is 0.225 e. The van der Waals surface area contributed by atoms with E-state index < -0.39 is 0 Å². The van der Waals surface area contributed by atoms with Crippen LogP contribution in [0, 0.1) is 6.92 Å². The number of anilines is 1. The SMILES string of the molecule is Cc1cc(/C(N)=N/O)nc(N(C)CCCN(C)C)n1. The molecule has 0 aliphatic rings. The molecule has 0 aromatic carbocycles. The third kappa shape index (κ3) is 4.70. The van der Waals surface area contributed by atoms with Crippen molar-refractivity contribution in [3.63, 3.8) is 0 Å². The van der Waals surface area contributed by atoms with Crippen molar-refractivity contribution in [3.8, 4) is 0 Å². The van der Waals surface area contributed by atoms with Gasteiger partial charge in [-0.3, -0.25) is 0 Å². The highest BCUT2D eigenvalue weighted by atomic mass is 16.4. The molecule has 7 heteroatoms. The summed E-state index contributed by atoms with van der Waals surface area (Å²) in [5.74, 6) is 0.578. The first-order valence-corrected chi connectivity index (χ1v) is 6.13. The van der Waals surface area contributed by atoms with Crippen LogP contribution in [0.1, 0.15) is 17.8 Å². The number of amidine groups is 1. The largest absolute Gasteiger partial charge is 0.409 e. The molecule has 3 N–H and O–H groups in total. The van der Waals surface area contributed by atoms with Crippen LogP contribution in [-0.4, -0.2) is 60.1 Å². The molecule has 0 atom stereocenters. The number of hydrogen-bond donors (Lipinski definition) is 2. The molecule has 0 bridgehead atoms. The van der Waals surface area contributed by atoms with Gasteiger partial charge in [0, 0.05) is 19.3 Å². The van der Waals surface area contributed by atoms with Gasteiger partial charge in [0.25, 0.3) is 0 Å². The van der Waals surface area contributed by atoms with E-state index in [-0.39, 0.29) is 5.84 Å². The summed E-state index contributed by atoms with van der Waals surface area (Å²) in [5.41, 5.74) is 6.77. The predicted octanol–water partition coefficient (Wildman–Crippen LogP) is 0.267. The number of aryl methyl sites for hydroxylation is 1. The fourth-order valence-electron chi connectivity index (χ4n) is 1.63. The Morgan fingerprint density at radius 3 is 2.58 bits per heavy atom. The second-order valence-electron chi connectivity index (χ2n) is 4.76. The van der Waals surface area contributed by atoms with Gasteiger partial charge in [-0.15, -0.1) is 0 Å². The van der Waals surface area contributed by atoms with Crippen molar-refractivity contribution in [2.24, 2.45) is 10.9 Å². The second-order valence-corrected chi connectivity index (χ2v) is 4.76. The lowest BCUT2D eigenvalue weighted by Crippen LogP contribution is -2.26. The molecule has 19 heavy (non-hydrogen) atoms. The van der Waals surface area contributed by atoms with Gasteiger partial charge >= 0.3 is 0 Å². The highest BCUT2D eigenvalue weighted by molar-refractivity contribution is 5.95. The van der Waals surface area contributed by atoms with Crippen molar-refractivity contribution in [1.82, 2.24) is 14.9 Å². The average Bonchev–Trinajstić information content (AvgIpc) is 2.36. The van der Waals surface area contributed by atoms with Gasteiger partial charge in [-0.1, -0.05) is 5.16 Å². The summed E-state index contributed by atoms with van der Waals surface area (Å²) in [6.45, 7) is 3.70. The summed E-state index contributed by atoms with van der Waals surface area (Å²) in [6.07, 6.45) is 1.01. The third-order valence-electron chi connectivity index (χ3n) is 2.65. The first kappa shape index (κ1) is 15.2. The molecule has 0 spiro atoms. The Labute approximate surface area is 113 Å². The van der Waals surface area contributed by atoms with Gasteiger partial charge in [-0.05, 0) is 40.1 Å². The lowest BCUT2D eigenvalue weighted by molar-refractivity contribution is 0.318. The van der Waals surface area contributed by atoms with Crippen LogP contribution < -0.4 is 10.6 Å². The summed E-state index contributed by atoms with van der Waals surface area (Å²) in [5, 5.41) is 11.7. The maximum absolute atomic E-state index is 8.69. The van der Waals surface area contributed by atoms with Crippen molar-refractivity contribution in [2.45, 2.75) is 13.3 Å². The Kier molecular flexibility index (Phi) is 5.50. The lowest BCUT2D eigenvalue weighted by Gasteiger charge is -2.19. The molecule has 0 aliphatic carbocycles. The highest BCUT2D eigenvalue weighted by Gasteiger charge is 2.09. The molecule has 106 valence electrons. The number of hydrogen-bond acceptors (Lipinski definition) is 6. The fourth-order valence-corrected chi connectivity index (χ4v) is 1.63. The van der Waals surface area contributed by atoms with Gasteiger partial charge in [0.2, 0.25) is 5.95 Å². The maximum atomic E-state index is 8.69. The minimum Gasteiger partial charge on any atom is -0.409 e. The van der Waals surface area contributed by atoms with Crippen LogP contribution in [0.3, 0.4) is 0 Å². The molecule has 1 heterocycles. The van der Waals surface area contributed by atoms with E-state index in [1.165, 1.54) is 0 Å².